The molecular formula is C27H23ClN2O4S2. The number of benzene rings is 3. The summed E-state index contributed by atoms with van der Waals surface area (Å²) in [5.74, 6) is 0.739. The average molecular weight is 539 g/mol. The maximum Gasteiger partial charge on any atom is 0.270 e. The molecule has 2 amide bonds. The first kappa shape index (κ1) is 25.8. The van der Waals surface area contributed by atoms with Gasteiger partial charge in [-0.05, 0) is 79.6 Å². The van der Waals surface area contributed by atoms with Crippen LogP contribution in [0.2, 0.25) is 5.02 Å². The molecule has 6 nitrogen and oxygen atoms in total. The van der Waals surface area contributed by atoms with Crippen molar-refractivity contribution >= 4 is 69.2 Å². The molecule has 1 aliphatic rings. The van der Waals surface area contributed by atoms with Crippen molar-refractivity contribution < 1.29 is 19.1 Å². The predicted octanol–water partition coefficient (Wildman–Crippen LogP) is 6.47. The second kappa shape index (κ2) is 11.6. The Hall–Kier alpha value is -3.33. The molecule has 3 aromatic rings. The fourth-order valence-electron chi connectivity index (χ4n) is 3.40. The Morgan fingerprint density at radius 1 is 1.08 bits per heavy atom. The van der Waals surface area contributed by atoms with E-state index in [1.54, 1.807) is 54.6 Å². The summed E-state index contributed by atoms with van der Waals surface area (Å²) in [4.78, 5) is 27.3. The van der Waals surface area contributed by atoms with Gasteiger partial charge >= 0.3 is 0 Å². The van der Waals surface area contributed by atoms with Crippen molar-refractivity contribution in [1.82, 2.24) is 0 Å². The molecule has 0 aliphatic carbocycles. The van der Waals surface area contributed by atoms with E-state index in [4.69, 9.17) is 33.3 Å². The molecule has 1 fully saturated rings. The number of carbonyl (C=O) groups is 2. The second-order valence-corrected chi connectivity index (χ2v) is 9.90. The number of hydrogen-bond acceptors (Lipinski definition) is 6. The van der Waals surface area contributed by atoms with Crippen LogP contribution in [0, 0.1) is 6.92 Å². The van der Waals surface area contributed by atoms with Gasteiger partial charge in [-0.15, -0.1) is 0 Å². The quantitative estimate of drug-likeness (QED) is 0.262. The number of nitrogens with zero attached hydrogens (tertiary/aromatic N) is 1. The minimum atomic E-state index is -0.290. The third-order valence-electron chi connectivity index (χ3n) is 5.18. The summed E-state index contributed by atoms with van der Waals surface area (Å²) < 4.78 is 11.5. The Morgan fingerprint density at radius 3 is 2.58 bits per heavy atom. The van der Waals surface area contributed by atoms with Crippen LogP contribution >= 0.6 is 35.6 Å². The van der Waals surface area contributed by atoms with Crippen molar-refractivity contribution in [2.24, 2.45) is 0 Å². The number of nitrogens with one attached hydrogen (secondary N) is 1. The predicted molar refractivity (Wildman–Crippen MR) is 150 cm³/mol. The van der Waals surface area contributed by atoms with Gasteiger partial charge in [-0.1, -0.05) is 53.8 Å². The first-order valence-electron chi connectivity index (χ1n) is 11.1. The summed E-state index contributed by atoms with van der Waals surface area (Å²) in [5, 5.41) is 3.36. The fraction of sp³-hybridized carbons (Fsp3) is 0.148. The van der Waals surface area contributed by atoms with E-state index in [0.717, 1.165) is 16.9 Å². The highest BCUT2D eigenvalue weighted by molar-refractivity contribution is 8.27. The number of hydrogen-bond donors (Lipinski definition) is 1. The first-order chi connectivity index (χ1) is 17.3. The van der Waals surface area contributed by atoms with Crippen molar-refractivity contribution in [1.29, 1.82) is 0 Å². The van der Waals surface area contributed by atoms with Crippen LogP contribution in [0.15, 0.2) is 71.6 Å². The van der Waals surface area contributed by atoms with Gasteiger partial charge in [0.2, 0.25) is 0 Å². The Morgan fingerprint density at radius 2 is 1.86 bits per heavy atom. The van der Waals surface area contributed by atoms with Gasteiger partial charge in [0.15, 0.2) is 10.9 Å². The van der Waals surface area contributed by atoms with Gasteiger partial charge in [-0.25, -0.2) is 0 Å². The van der Waals surface area contributed by atoms with Crippen LogP contribution in [0.3, 0.4) is 0 Å². The number of aryl methyl sites for hydroxylation is 1. The summed E-state index contributed by atoms with van der Waals surface area (Å²) in [6.07, 6.45) is 1.75. The van der Waals surface area contributed by atoms with E-state index < -0.39 is 0 Å². The van der Waals surface area contributed by atoms with Gasteiger partial charge in [0.1, 0.15) is 11.5 Å². The molecule has 0 radical (unpaired) electrons. The zero-order chi connectivity index (χ0) is 25.7. The number of amides is 2. The summed E-state index contributed by atoms with van der Waals surface area (Å²) in [5.41, 5.74) is 2.96. The standard InChI is InChI=1S/C27H23ClN2O4S2/c1-3-33-21-11-8-19(9-12-21)29-25(31)16-34-22-6-4-5-18(13-22)14-24-26(32)30(27(35)36-24)20-10-7-17(2)23(28)15-20/h4-15H,3,16H2,1-2H3,(H,29,31)/b24-14-. The lowest BCUT2D eigenvalue weighted by Crippen LogP contribution is -2.27. The van der Waals surface area contributed by atoms with Crippen molar-refractivity contribution in [2.75, 3.05) is 23.4 Å². The average Bonchev–Trinajstić information content (AvgIpc) is 3.13. The number of rotatable bonds is 8. The summed E-state index contributed by atoms with van der Waals surface area (Å²) >= 11 is 12.9. The van der Waals surface area contributed by atoms with Crippen LogP contribution in [0.25, 0.3) is 6.08 Å². The van der Waals surface area contributed by atoms with E-state index in [1.807, 2.05) is 32.0 Å². The molecule has 0 saturated carbocycles. The molecule has 4 rings (SSSR count). The molecule has 36 heavy (non-hydrogen) atoms. The fourth-order valence-corrected chi connectivity index (χ4v) is 4.88. The SMILES string of the molecule is CCOc1ccc(NC(=O)COc2cccc(/C=C3\SC(=S)N(c4ccc(C)c(Cl)c4)C3=O)c2)cc1. The number of ether oxygens (including phenoxy) is 2. The first-order valence-corrected chi connectivity index (χ1v) is 12.7. The lowest BCUT2D eigenvalue weighted by atomic mass is 10.2. The largest absolute Gasteiger partial charge is 0.494 e. The third-order valence-corrected chi connectivity index (χ3v) is 6.89. The van der Waals surface area contributed by atoms with Crippen molar-refractivity contribution in [2.45, 2.75) is 13.8 Å². The Bertz CT molecular complexity index is 1340. The molecule has 0 unspecified atom stereocenters. The number of halogens is 1. The zero-order valence-electron chi connectivity index (χ0n) is 19.6. The highest BCUT2D eigenvalue weighted by Crippen LogP contribution is 2.37. The minimum absolute atomic E-state index is 0.160. The molecule has 0 atom stereocenters. The van der Waals surface area contributed by atoms with E-state index in [0.29, 0.717) is 38.0 Å². The number of carbonyl (C=O) groups excluding carboxylic acids is 2. The van der Waals surface area contributed by atoms with Crippen molar-refractivity contribution in [3.05, 3.63) is 87.8 Å². The van der Waals surface area contributed by atoms with E-state index in [1.165, 1.54) is 16.7 Å². The van der Waals surface area contributed by atoms with Gasteiger partial charge in [0, 0.05) is 10.7 Å². The Labute approximate surface area is 224 Å². The van der Waals surface area contributed by atoms with Gasteiger partial charge < -0.3 is 14.8 Å². The van der Waals surface area contributed by atoms with E-state index in [2.05, 4.69) is 5.32 Å². The third kappa shape index (κ3) is 6.26. The maximum absolute atomic E-state index is 13.1. The van der Waals surface area contributed by atoms with Crippen LogP contribution in [0.5, 0.6) is 11.5 Å². The van der Waals surface area contributed by atoms with Gasteiger partial charge in [0.25, 0.3) is 11.8 Å². The Balaban J connectivity index is 1.39. The van der Waals surface area contributed by atoms with E-state index in [9.17, 15) is 9.59 Å². The molecule has 1 aliphatic heterocycles. The highest BCUT2D eigenvalue weighted by atomic mass is 35.5. The molecular weight excluding hydrogens is 516 g/mol. The molecule has 184 valence electrons. The summed E-state index contributed by atoms with van der Waals surface area (Å²) in [7, 11) is 0. The van der Waals surface area contributed by atoms with Crippen LogP contribution in [-0.4, -0.2) is 29.3 Å². The highest BCUT2D eigenvalue weighted by Gasteiger charge is 2.33. The minimum Gasteiger partial charge on any atom is -0.494 e. The normalized spacial score (nSPS) is 14.3. The van der Waals surface area contributed by atoms with Crippen LogP contribution in [0.4, 0.5) is 11.4 Å². The van der Waals surface area contributed by atoms with Crippen LogP contribution in [-0.2, 0) is 9.59 Å². The van der Waals surface area contributed by atoms with E-state index >= 15 is 0 Å². The van der Waals surface area contributed by atoms with Gasteiger partial charge in [0.05, 0.1) is 17.2 Å². The number of anilines is 2. The topological polar surface area (TPSA) is 67.9 Å². The molecule has 0 bridgehead atoms. The smallest absolute Gasteiger partial charge is 0.270 e. The number of thioether (sulfide) groups is 1. The zero-order valence-corrected chi connectivity index (χ0v) is 22.0. The molecule has 1 saturated heterocycles. The second-order valence-electron chi connectivity index (χ2n) is 7.82. The molecule has 0 aromatic heterocycles. The molecule has 9 heteroatoms. The summed E-state index contributed by atoms with van der Waals surface area (Å²) in [6.45, 7) is 4.23. The lowest BCUT2D eigenvalue weighted by Gasteiger charge is -2.15. The van der Waals surface area contributed by atoms with E-state index in [-0.39, 0.29) is 18.4 Å². The summed E-state index contributed by atoms with van der Waals surface area (Å²) in [6, 6.07) is 19.7. The Kier molecular flexibility index (Phi) is 8.30. The van der Waals surface area contributed by atoms with Crippen LogP contribution < -0.4 is 19.7 Å². The van der Waals surface area contributed by atoms with Crippen molar-refractivity contribution in [3.8, 4) is 11.5 Å². The molecule has 1 N–H and O–H groups in total. The molecule has 1 heterocycles. The van der Waals surface area contributed by atoms with Crippen LogP contribution in [0.1, 0.15) is 18.1 Å². The molecule has 3 aromatic carbocycles. The number of thiocarbonyl (C=S) groups is 1. The lowest BCUT2D eigenvalue weighted by molar-refractivity contribution is -0.118. The van der Waals surface area contributed by atoms with Crippen molar-refractivity contribution in [3.63, 3.8) is 0 Å². The monoisotopic (exact) mass is 538 g/mol. The van der Waals surface area contributed by atoms with Gasteiger partial charge in [-0.3, -0.25) is 14.5 Å². The molecule has 0 spiro atoms. The maximum atomic E-state index is 13.1. The van der Waals surface area contributed by atoms with Gasteiger partial charge in [-0.2, -0.15) is 0 Å².